The Labute approximate surface area is 185 Å². The Bertz CT molecular complexity index is 952. The van der Waals surface area contributed by atoms with Crippen LogP contribution in [0.1, 0.15) is 57.3 Å². The Morgan fingerprint density at radius 2 is 1.61 bits per heavy atom. The van der Waals surface area contributed by atoms with Crippen molar-refractivity contribution in [3.8, 4) is 0 Å². The van der Waals surface area contributed by atoms with Crippen LogP contribution in [0.4, 0.5) is 5.69 Å². The van der Waals surface area contributed by atoms with Gasteiger partial charge in [-0.3, -0.25) is 14.4 Å². The second kappa shape index (κ2) is 9.55. The second-order valence-corrected chi connectivity index (χ2v) is 9.19. The average Bonchev–Trinajstić information content (AvgIpc) is 3.31. The van der Waals surface area contributed by atoms with Gasteiger partial charge < -0.3 is 15.1 Å². The average molecular weight is 442 g/mol. The number of hydrogen-bond donors (Lipinski definition) is 1. The van der Waals surface area contributed by atoms with Gasteiger partial charge in [-0.25, -0.2) is 0 Å². The van der Waals surface area contributed by atoms with Crippen molar-refractivity contribution in [1.82, 2.24) is 20.0 Å². The molecule has 4 rings (SSSR count). The Morgan fingerprint density at radius 1 is 0.935 bits per heavy atom. The lowest BCUT2D eigenvalue weighted by molar-refractivity contribution is -0.137. The number of piperidine rings is 2. The third-order valence-corrected chi connectivity index (χ3v) is 6.75. The molecule has 3 heterocycles. The molecule has 1 aromatic carbocycles. The summed E-state index contributed by atoms with van der Waals surface area (Å²) in [7, 11) is 0. The smallest absolute Gasteiger partial charge is 0.286 e. The number of aryl methyl sites for hydroxylation is 1. The van der Waals surface area contributed by atoms with E-state index in [1.807, 2.05) is 36.1 Å². The van der Waals surface area contributed by atoms with Crippen LogP contribution in [0.2, 0.25) is 0 Å². The second-order valence-electron chi connectivity index (χ2n) is 8.21. The molecule has 0 spiro atoms. The number of anilines is 1. The number of aromatic nitrogens is 2. The summed E-state index contributed by atoms with van der Waals surface area (Å²) >= 11 is 0.982. The van der Waals surface area contributed by atoms with Gasteiger partial charge >= 0.3 is 0 Å². The van der Waals surface area contributed by atoms with E-state index in [-0.39, 0.29) is 27.7 Å². The maximum Gasteiger partial charge on any atom is 0.286 e. The highest BCUT2D eigenvalue weighted by Gasteiger charge is 2.33. The minimum absolute atomic E-state index is 0.141. The van der Waals surface area contributed by atoms with Gasteiger partial charge in [0.05, 0.1) is 5.92 Å². The molecule has 0 unspecified atom stereocenters. The lowest BCUT2D eigenvalue weighted by Gasteiger charge is -2.35. The van der Waals surface area contributed by atoms with Crippen LogP contribution in [0, 0.1) is 12.8 Å². The number of carbonyl (C=O) groups excluding carboxylic acids is 3. The van der Waals surface area contributed by atoms with Crippen LogP contribution in [0.3, 0.4) is 0 Å². The lowest BCUT2D eigenvalue weighted by atomic mass is 9.95. The molecule has 9 heteroatoms. The predicted octanol–water partition coefficient (Wildman–Crippen LogP) is 2.96. The molecule has 2 aliphatic rings. The maximum atomic E-state index is 13.0. The highest BCUT2D eigenvalue weighted by molar-refractivity contribution is 7.15. The van der Waals surface area contributed by atoms with Crippen LogP contribution in [-0.4, -0.2) is 63.9 Å². The molecule has 0 aliphatic carbocycles. The van der Waals surface area contributed by atoms with Crippen LogP contribution >= 0.6 is 11.3 Å². The highest BCUT2D eigenvalue weighted by Crippen LogP contribution is 2.23. The van der Waals surface area contributed by atoms with Crippen LogP contribution in [0.15, 0.2) is 24.3 Å². The number of benzene rings is 1. The van der Waals surface area contributed by atoms with Crippen LogP contribution in [0.25, 0.3) is 0 Å². The zero-order valence-electron chi connectivity index (χ0n) is 17.7. The van der Waals surface area contributed by atoms with E-state index in [4.69, 9.17) is 0 Å². The van der Waals surface area contributed by atoms with Crippen molar-refractivity contribution in [2.75, 3.05) is 31.5 Å². The summed E-state index contributed by atoms with van der Waals surface area (Å²) in [4.78, 5) is 41.9. The summed E-state index contributed by atoms with van der Waals surface area (Å²) in [6.07, 6.45) is 4.88. The molecule has 0 bridgehead atoms. The molecule has 1 N–H and O–H groups in total. The first kappa shape index (κ1) is 21.4. The molecule has 2 saturated heterocycles. The topological polar surface area (TPSA) is 95.5 Å². The fraction of sp³-hybridized carbons (Fsp3) is 0.500. The van der Waals surface area contributed by atoms with E-state index < -0.39 is 5.91 Å². The number of rotatable bonds is 4. The fourth-order valence-corrected chi connectivity index (χ4v) is 4.80. The monoisotopic (exact) mass is 441 g/mol. The Balaban J connectivity index is 1.37. The van der Waals surface area contributed by atoms with E-state index in [2.05, 4.69) is 15.5 Å². The van der Waals surface area contributed by atoms with Gasteiger partial charge in [0.2, 0.25) is 15.9 Å². The van der Waals surface area contributed by atoms with Gasteiger partial charge in [-0.15, -0.1) is 10.2 Å². The SMILES string of the molecule is Cc1ccc(NC(=O)c2nnc(C(=O)N3CCC[C@@H](C(=O)N4CCCCC4)C3)s2)cc1. The molecular weight excluding hydrogens is 414 g/mol. The summed E-state index contributed by atoms with van der Waals surface area (Å²) in [6.45, 7) is 4.60. The number of likely N-dealkylation sites (tertiary alicyclic amines) is 2. The van der Waals surface area contributed by atoms with Crippen LogP contribution in [-0.2, 0) is 4.79 Å². The van der Waals surface area contributed by atoms with Crippen molar-refractivity contribution < 1.29 is 14.4 Å². The molecule has 3 amide bonds. The number of nitrogens with one attached hydrogen (secondary N) is 1. The van der Waals surface area contributed by atoms with Gasteiger partial charge in [-0.1, -0.05) is 29.0 Å². The zero-order chi connectivity index (χ0) is 21.8. The number of nitrogens with zero attached hydrogens (tertiary/aromatic N) is 4. The van der Waals surface area contributed by atoms with Crippen molar-refractivity contribution in [3.05, 3.63) is 39.8 Å². The fourth-order valence-electron chi connectivity index (χ4n) is 4.09. The molecule has 31 heavy (non-hydrogen) atoms. The molecule has 1 aromatic heterocycles. The summed E-state index contributed by atoms with van der Waals surface area (Å²) in [6, 6.07) is 7.44. The van der Waals surface area contributed by atoms with Gasteiger partial charge in [0, 0.05) is 31.9 Å². The summed E-state index contributed by atoms with van der Waals surface area (Å²) < 4.78 is 0. The first-order chi connectivity index (χ1) is 15.0. The molecule has 8 nitrogen and oxygen atoms in total. The first-order valence-electron chi connectivity index (χ1n) is 10.8. The van der Waals surface area contributed by atoms with Crippen molar-refractivity contribution >= 4 is 34.7 Å². The quantitative estimate of drug-likeness (QED) is 0.787. The third-order valence-electron chi connectivity index (χ3n) is 5.84. The molecule has 2 aliphatic heterocycles. The number of hydrogen-bond acceptors (Lipinski definition) is 6. The van der Waals surface area contributed by atoms with E-state index in [9.17, 15) is 14.4 Å². The Morgan fingerprint density at radius 3 is 2.35 bits per heavy atom. The standard InChI is InChI=1S/C22H27N5O3S/c1-15-7-9-17(10-8-15)23-18(28)19-24-25-20(31-19)22(30)27-13-5-6-16(14-27)21(29)26-11-3-2-4-12-26/h7-10,16H,2-6,11-14H2,1H3,(H,23,28)/t16-/m1/s1. The van der Waals surface area contributed by atoms with Crippen molar-refractivity contribution in [3.63, 3.8) is 0 Å². The Hall–Kier alpha value is -2.81. The first-order valence-corrected chi connectivity index (χ1v) is 11.6. The van der Waals surface area contributed by atoms with Crippen LogP contribution in [0.5, 0.6) is 0 Å². The van der Waals surface area contributed by atoms with Crippen molar-refractivity contribution in [2.24, 2.45) is 5.92 Å². The normalized spacial score (nSPS) is 19.2. The van der Waals surface area contributed by atoms with E-state index in [1.165, 1.54) is 6.42 Å². The van der Waals surface area contributed by atoms with Crippen LogP contribution < -0.4 is 5.32 Å². The molecule has 1 atom stereocenters. The minimum atomic E-state index is -0.391. The van der Waals surface area contributed by atoms with Gasteiger partial charge in [0.1, 0.15) is 0 Å². The van der Waals surface area contributed by atoms with Gasteiger partial charge in [-0.05, 0) is 51.2 Å². The molecule has 2 fully saturated rings. The molecule has 0 radical (unpaired) electrons. The van der Waals surface area contributed by atoms with E-state index in [0.717, 1.165) is 55.7 Å². The summed E-state index contributed by atoms with van der Waals surface area (Å²) in [5.74, 6) is -0.652. The largest absolute Gasteiger partial charge is 0.342 e. The van der Waals surface area contributed by atoms with Crippen molar-refractivity contribution in [2.45, 2.75) is 39.0 Å². The predicted molar refractivity (Wildman–Crippen MR) is 118 cm³/mol. The Kier molecular flexibility index (Phi) is 6.60. The molecule has 0 saturated carbocycles. The third kappa shape index (κ3) is 5.10. The molecule has 2 aromatic rings. The van der Waals surface area contributed by atoms with E-state index >= 15 is 0 Å². The zero-order valence-corrected chi connectivity index (χ0v) is 18.5. The number of carbonyl (C=O) groups is 3. The van der Waals surface area contributed by atoms with Gasteiger partial charge in [0.25, 0.3) is 11.8 Å². The van der Waals surface area contributed by atoms with E-state index in [1.54, 1.807) is 4.90 Å². The summed E-state index contributed by atoms with van der Waals surface area (Å²) in [5.41, 5.74) is 1.76. The summed E-state index contributed by atoms with van der Waals surface area (Å²) in [5, 5.41) is 10.9. The van der Waals surface area contributed by atoms with Gasteiger partial charge in [-0.2, -0.15) is 0 Å². The number of amides is 3. The van der Waals surface area contributed by atoms with Gasteiger partial charge in [0.15, 0.2) is 0 Å². The lowest BCUT2D eigenvalue weighted by Crippen LogP contribution is -2.47. The van der Waals surface area contributed by atoms with E-state index in [0.29, 0.717) is 18.8 Å². The minimum Gasteiger partial charge on any atom is -0.342 e. The highest BCUT2D eigenvalue weighted by atomic mass is 32.1. The molecule has 164 valence electrons. The maximum absolute atomic E-state index is 13.0. The molecular formula is C22H27N5O3S. The van der Waals surface area contributed by atoms with Crippen molar-refractivity contribution in [1.29, 1.82) is 0 Å².